The third-order valence-corrected chi connectivity index (χ3v) is 4.79. The Hall–Kier alpha value is -2.51. The molecule has 1 amide bonds. The summed E-state index contributed by atoms with van der Waals surface area (Å²) in [6.45, 7) is 4.50. The standard InChI is InChI=1S/C19H22N4O3/c1-14-3-2-4-15(11-14)22-17-13-20-16(12-21-17)18(24)23-7-5-19(6-8-23)25-9-10-26-19/h2-4,11-13H,5-10H2,1H3,(H,21,22). The van der Waals surface area contributed by atoms with E-state index in [1.54, 1.807) is 11.1 Å². The molecule has 1 aromatic heterocycles. The Labute approximate surface area is 152 Å². The average Bonchev–Trinajstić information content (AvgIpc) is 3.11. The Morgan fingerprint density at radius 3 is 2.58 bits per heavy atom. The summed E-state index contributed by atoms with van der Waals surface area (Å²) < 4.78 is 11.4. The van der Waals surface area contributed by atoms with Gasteiger partial charge in [0.15, 0.2) is 5.79 Å². The van der Waals surface area contributed by atoms with Crippen LogP contribution in [0.1, 0.15) is 28.9 Å². The van der Waals surface area contributed by atoms with E-state index >= 15 is 0 Å². The lowest BCUT2D eigenvalue weighted by Crippen LogP contribution is -2.47. The Balaban J connectivity index is 1.38. The highest BCUT2D eigenvalue weighted by Gasteiger charge is 2.41. The maximum absolute atomic E-state index is 12.6. The van der Waals surface area contributed by atoms with Crippen LogP contribution in [0.15, 0.2) is 36.7 Å². The molecule has 7 nitrogen and oxygen atoms in total. The molecular formula is C19H22N4O3. The molecule has 3 heterocycles. The number of likely N-dealkylation sites (tertiary alicyclic amines) is 1. The lowest BCUT2D eigenvalue weighted by molar-refractivity contribution is -0.181. The summed E-state index contributed by atoms with van der Waals surface area (Å²) in [5, 5.41) is 3.19. The van der Waals surface area contributed by atoms with Crippen LogP contribution in [0.25, 0.3) is 0 Å². The van der Waals surface area contributed by atoms with Crippen molar-refractivity contribution in [1.29, 1.82) is 0 Å². The quantitative estimate of drug-likeness (QED) is 0.913. The summed E-state index contributed by atoms with van der Waals surface area (Å²) in [7, 11) is 0. The van der Waals surface area contributed by atoms with Crippen LogP contribution in [-0.4, -0.2) is 52.9 Å². The zero-order valence-electron chi connectivity index (χ0n) is 14.8. The van der Waals surface area contributed by atoms with E-state index in [0.29, 0.717) is 50.7 Å². The molecule has 1 aromatic carbocycles. The highest BCUT2D eigenvalue weighted by atomic mass is 16.7. The fourth-order valence-corrected chi connectivity index (χ4v) is 3.37. The van der Waals surface area contributed by atoms with Crippen LogP contribution in [0.2, 0.25) is 0 Å². The van der Waals surface area contributed by atoms with Crippen LogP contribution in [0.4, 0.5) is 11.5 Å². The molecule has 26 heavy (non-hydrogen) atoms. The van der Waals surface area contributed by atoms with Crippen molar-refractivity contribution >= 4 is 17.4 Å². The maximum Gasteiger partial charge on any atom is 0.274 e. The minimum atomic E-state index is -0.482. The largest absolute Gasteiger partial charge is 0.347 e. The molecular weight excluding hydrogens is 332 g/mol. The summed E-state index contributed by atoms with van der Waals surface area (Å²) >= 11 is 0. The third-order valence-electron chi connectivity index (χ3n) is 4.79. The molecule has 1 spiro atoms. The summed E-state index contributed by atoms with van der Waals surface area (Å²) in [5.74, 6) is 0.0225. The highest BCUT2D eigenvalue weighted by molar-refractivity contribution is 5.92. The normalized spacial score (nSPS) is 18.9. The van der Waals surface area contributed by atoms with Crippen molar-refractivity contribution in [2.24, 2.45) is 0 Å². The molecule has 2 fully saturated rings. The molecule has 2 saturated heterocycles. The van der Waals surface area contributed by atoms with Gasteiger partial charge in [0.1, 0.15) is 11.5 Å². The molecule has 0 unspecified atom stereocenters. The van der Waals surface area contributed by atoms with Gasteiger partial charge in [0.05, 0.1) is 25.6 Å². The van der Waals surface area contributed by atoms with Crippen LogP contribution >= 0.6 is 0 Å². The van der Waals surface area contributed by atoms with E-state index in [2.05, 4.69) is 15.3 Å². The average molecular weight is 354 g/mol. The second kappa shape index (κ2) is 7.01. The van der Waals surface area contributed by atoms with Gasteiger partial charge >= 0.3 is 0 Å². The highest BCUT2D eigenvalue weighted by Crippen LogP contribution is 2.31. The van der Waals surface area contributed by atoms with Crippen LogP contribution in [0, 0.1) is 6.92 Å². The molecule has 4 rings (SSSR count). The molecule has 2 aliphatic rings. The first kappa shape index (κ1) is 16.9. The number of amides is 1. The monoisotopic (exact) mass is 354 g/mol. The van der Waals surface area contributed by atoms with Crippen LogP contribution in [0.5, 0.6) is 0 Å². The van der Waals surface area contributed by atoms with Crippen LogP contribution < -0.4 is 5.32 Å². The fourth-order valence-electron chi connectivity index (χ4n) is 3.37. The van der Waals surface area contributed by atoms with Crippen molar-refractivity contribution in [3.63, 3.8) is 0 Å². The van der Waals surface area contributed by atoms with E-state index in [9.17, 15) is 4.79 Å². The number of benzene rings is 1. The second-order valence-electron chi connectivity index (χ2n) is 6.68. The number of ether oxygens (including phenoxy) is 2. The summed E-state index contributed by atoms with van der Waals surface area (Å²) in [4.78, 5) is 23.0. The third kappa shape index (κ3) is 3.54. The van der Waals surface area contributed by atoms with Gasteiger partial charge in [-0.1, -0.05) is 12.1 Å². The predicted octanol–water partition coefficient (Wildman–Crippen LogP) is 2.51. The van der Waals surface area contributed by atoms with Gasteiger partial charge in [-0.3, -0.25) is 4.79 Å². The van der Waals surface area contributed by atoms with Crippen molar-refractivity contribution in [3.05, 3.63) is 47.9 Å². The van der Waals surface area contributed by atoms with Gasteiger partial charge < -0.3 is 19.7 Å². The lowest BCUT2D eigenvalue weighted by atomic mass is 10.0. The van der Waals surface area contributed by atoms with Crippen LogP contribution in [-0.2, 0) is 9.47 Å². The number of rotatable bonds is 3. The van der Waals surface area contributed by atoms with E-state index in [1.807, 2.05) is 31.2 Å². The van der Waals surface area contributed by atoms with Crippen LogP contribution in [0.3, 0.4) is 0 Å². The second-order valence-corrected chi connectivity index (χ2v) is 6.68. The molecule has 0 atom stereocenters. The first-order valence-corrected chi connectivity index (χ1v) is 8.87. The van der Waals surface area contributed by atoms with E-state index < -0.39 is 5.79 Å². The number of carbonyl (C=O) groups is 1. The van der Waals surface area contributed by atoms with Crippen molar-refractivity contribution < 1.29 is 14.3 Å². The number of hydrogen-bond donors (Lipinski definition) is 1. The molecule has 0 bridgehead atoms. The number of nitrogens with zero attached hydrogens (tertiary/aromatic N) is 3. The molecule has 0 aliphatic carbocycles. The topological polar surface area (TPSA) is 76.6 Å². The number of aryl methyl sites for hydroxylation is 1. The lowest BCUT2D eigenvalue weighted by Gasteiger charge is -2.37. The van der Waals surface area contributed by atoms with Crippen molar-refractivity contribution in [1.82, 2.24) is 14.9 Å². The van der Waals surface area contributed by atoms with Gasteiger partial charge in [-0.15, -0.1) is 0 Å². The number of aromatic nitrogens is 2. The Morgan fingerprint density at radius 2 is 1.92 bits per heavy atom. The van der Waals surface area contributed by atoms with Crippen molar-refractivity contribution in [2.45, 2.75) is 25.6 Å². The molecule has 1 N–H and O–H groups in total. The van der Waals surface area contributed by atoms with E-state index in [0.717, 1.165) is 11.3 Å². The Bertz CT molecular complexity index is 778. The van der Waals surface area contributed by atoms with Gasteiger partial charge in [0, 0.05) is 31.6 Å². The number of anilines is 2. The minimum Gasteiger partial charge on any atom is -0.347 e. The number of hydrogen-bond acceptors (Lipinski definition) is 6. The molecule has 2 aliphatic heterocycles. The first-order chi connectivity index (χ1) is 12.6. The van der Waals surface area contributed by atoms with Gasteiger partial charge in [-0.05, 0) is 24.6 Å². The van der Waals surface area contributed by atoms with Crippen molar-refractivity contribution in [3.8, 4) is 0 Å². The number of piperidine rings is 1. The number of nitrogens with one attached hydrogen (secondary N) is 1. The first-order valence-electron chi connectivity index (χ1n) is 8.87. The Kier molecular flexibility index (Phi) is 4.57. The predicted molar refractivity (Wildman–Crippen MR) is 96.3 cm³/mol. The zero-order chi connectivity index (χ0) is 18.0. The molecule has 7 heteroatoms. The summed E-state index contributed by atoms with van der Waals surface area (Å²) in [6.07, 6.45) is 4.50. The SMILES string of the molecule is Cc1cccc(Nc2cnc(C(=O)N3CCC4(CC3)OCCO4)cn2)c1. The zero-order valence-corrected chi connectivity index (χ0v) is 14.8. The fraction of sp³-hybridized carbons (Fsp3) is 0.421. The summed E-state index contributed by atoms with van der Waals surface area (Å²) in [5.41, 5.74) is 2.45. The molecule has 0 radical (unpaired) electrons. The van der Waals surface area contributed by atoms with Gasteiger partial charge in [-0.2, -0.15) is 0 Å². The van der Waals surface area contributed by atoms with Gasteiger partial charge in [-0.25, -0.2) is 9.97 Å². The van der Waals surface area contributed by atoms with Gasteiger partial charge in [0.2, 0.25) is 0 Å². The minimum absolute atomic E-state index is 0.104. The molecule has 136 valence electrons. The van der Waals surface area contributed by atoms with E-state index in [-0.39, 0.29) is 5.91 Å². The van der Waals surface area contributed by atoms with Gasteiger partial charge in [0.25, 0.3) is 5.91 Å². The maximum atomic E-state index is 12.6. The molecule has 2 aromatic rings. The van der Waals surface area contributed by atoms with Crippen molar-refractivity contribution in [2.75, 3.05) is 31.6 Å². The Morgan fingerprint density at radius 1 is 1.15 bits per heavy atom. The summed E-state index contributed by atoms with van der Waals surface area (Å²) in [6, 6.07) is 7.99. The molecule has 0 saturated carbocycles. The van der Waals surface area contributed by atoms with E-state index in [4.69, 9.17) is 9.47 Å². The number of carbonyl (C=O) groups excluding carboxylic acids is 1. The van der Waals surface area contributed by atoms with E-state index in [1.165, 1.54) is 6.20 Å². The smallest absolute Gasteiger partial charge is 0.274 e.